The molecular weight excluding hydrogens is 400 g/mol. The first kappa shape index (κ1) is 19.7. The minimum Gasteiger partial charge on any atom is -0.321 e. The van der Waals surface area contributed by atoms with E-state index in [1.807, 2.05) is 73.4 Å². The van der Waals surface area contributed by atoms with Gasteiger partial charge in [0, 0.05) is 30.4 Å². The molecule has 0 aliphatic rings. The third kappa shape index (κ3) is 3.76. The second-order valence-corrected chi connectivity index (χ2v) is 7.70. The van der Waals surface area contributed by atoms with Crippen LogP contribution in [0.4, 0.5) is 5.69 Å². The molecule has 3 heterocycles. The average molecular weight is 422 g/mol. The number of rotatable bonds is 5. The summed E-state index contributed by atoms with van der Waals surface area (Å²) >= 11 is 0. The van der Waals surface area contributed by atoms with E-state index in [2.05, 4.69) is 32.6 Å². The highest BCUT2D eigenvalue weighted by Gasteiger charge is 2.14. The molecule has 2 aromatic carbocycles. The van der Waals surface area contributed by atoms with Crippen LogP contribution in [0.15, 0.2) is 79.3 Å². The number of hydrogen-bond donors (Lipinski definition) is 1. The van der Waals surface area contributed by atoms with Crippen LogP contribution in [0.25, 0.3) is 22.2 Å². The van der Waals surface area contributed by atoms with Crippen molar-refractivity contribution < 1.29 is 4.79 Å². The molecule has 0 bridgehead atoms. The highest BCUT2D eigenvalue weighted by Crippen LogP contribution is 2.26. The van der Waals surface area contributed by atoms with Crippen molar-refractivity contribution in [3.05, 3.63) is 96.1 Å². The zero-order valence-corrected chi connectivity index (χ0v) is 17.9. The van der Waals surface area contributed by atoms with Crippen molar-refractivity contribution in [2.75, 3.05) is 5.32 Å². The van der Waals surface area contributed by atoms with E-state index in [1.165, 1.54) is 0 Å². The number of aromatic nitrogens is 5. The van der Waals surface area contributed by atoms with Gasteiger partial charge in [-0.2, -0.15) is 10.2 Å². The number of carbonyl (C=O) groups excluding carboxylic acids is 1. The van der Waals surface area contributed by atoms with Crippen LogP contribution < -0.4 is 5.32 Å². The van der Waals surface area contributed by atoms with Gasteiger partial charge in [0.1, 0.15) is 0 Å². The second-order valence-electron chi connectivity index (χ2n) is 7.70. The van der Waals surface area contributed by atoms with E-state index >= 15 is 0 Å². The molecule has 1 N–H and O–H groups in total. The monoisotopic (exact) mass is 422 g/mol. The Morgan fingerprint density at radius 1 is 1.06 bits per heavy atom. The van der Waals surface area contributed by atoms with Crippen LogP contribution in [0.2, 0.25) is 0 Å². The maximum atomic E-state index is 13.1. The molecule has 0 radical (unpaired) electrons. The lowest BCUT2D eigenvalue weighted by Gasteiger charge is -2.11. The van der Waals surface area contributed by atoms with Crippen molar-refractivity contribution in [2.24, 2.45) is 7.05 Å². The highest BCUT2D eigenvalue weighted by atomic mass is 16.1. The third-order valence-electron chi connectivity index (χ3n) is 5.46. The largest absolute Gasteiger partial charge is 0.321 e. The predicted octanol–water partition coefficient (Wildman–Crippen LogP) is 4.44. The zero-order valence-electron chi connectivity index (χ0n) is 17.9. The number of anilines is 1. The molecule has 0 spiro atoms. The Morgan fingerprint density at radius 2 is 1.88 bits per heavy atom. The van der Waals surface area contributed by atoms with E-state index in [4.69, 9.17) is 0 Å². The number of benzene rings is 2. The molecule has 0 aliphatic carbocycles. The summed E-state index contributed by atoms with van der Waals surface area (Å²) in [6.07, 6.45) is 5.37. The van der Waals surface area contributed by atoms with Crippen molar-refractivity contribution in [1.29, 1.82) is 0 Å². The fraction of sp³-hybridized carbons (Fsp3) is 0.120. The molecule has 3 aromatic heterocycles. The van der Waals surface area contributed by atoms with Crippen LogP contribution in [0, 0.1) is 6.92 Å². The first-order chi connectivity index (χ1) is 15.6. The summed E-state index contributed by atoms with van der Waals surface area (Å²) in [4.78, 5) is 17.6. The van der Waals surface area contributed by atoms with Gasteiger partial charge in [-0.15, -0.1) is 0 Å². The van der Waals surface area contributed by atoms with E-state index in [-0.39, 0.29) is 5.91 Å². The van der Waals surface area contributed by atoms with Gasteiger partial charge in [0.25, 0.3) is 5.91 Å². The molecule has 0 aliphatic heterocycles. The van der Waals surface area contributed by atoms with Crippen LogP contribution in [0.1, 0.15) is 21.6 Å². The molecule has 5 aromatic rings. The van der Waals surface area contributed by atoms with Gasteiger partial charge in [-0.1, -0.05) is 42.5 Å². The van der Waals surface area contributed by atoms with Crippen LogP contribution in [-0.4, -0.2) is 30.5 Å². The maximum absolute atomic E-state index is 13.1. The van der Waals surface area contributed by atoms with E-state index < -0.39 is 0 Å². The number of aryl methyl sites for hydroxylation is 2. The van der Waals surface area contributed by atoms with Crippen LogP contribution >= 0.6 is 0 Å². The van der Waals surface area contributed by atoms with Crippen molar-refractivity contribution >= 4 is 22.6 Å². The lowest BCUT2D eigenvalue weighted by atomic mass is 9.98. The summed E-state index contributed by atoms with van der Waals surface area (Å²) in [7, 11) is 1.86. The Hall–Kier alpha value is -4.26. The summed E-state index contributed by atoms with van der Waals surface area (Å²) in [5.41, 5.74) is 5.92. The molecule has 0 unspecified atom stereocenters. The fourth-order valence-electron chi connectivity index (χ4n) is 3.88. The Morgan fingerprint density at radius 3 is 2.66 bits per heavy atom. The van der Waals surface area contributed by atoms with E-state index in [0.29, 0.717) is 17.8 Å². The van der Waals surface area contributed by atoms with Gasteiger partial charge in [0.05, 0.1) is 24.1 Å². The lowest BCUT2D eigenvalue weighted by molar-refractivity contribution is 0.102. The van der Waals surface area contributed by atoms with Crippen LogP contribution in [0.3, 0.4) is 0 Å². The normalized spacial score (nSPS) is 11.1. The summed E-state index contributed by atoms with van der Waals surface area (Å²) in [5.74, 6) is -0.177. The van der Waals surface area contributed by atoms with Gasteiger partial charge in [0.15, 0.2) is 5.65 Å². The number of amides is 1. The minimum atomic E-state index is -0.177. The number of nitrogens with one attached hydrogen (secondary N) is 1. The van der Waals surface area contributed by atoms with Crippen molar-refractivity contribution in [2.45, 2.75) is 13.5 Å². The number of fused-ring (bicyclic) bond motifs is 1. The third-order valence-corrected chi connectivity index (χ3v) is 5.46. The Balaban J connectivity index is 1.40. The van der Waals surface area contributed by atoms with Crippen molar-refractivity contribution in [3.63, 3.8) is 0 Å². The SMILES string of the molecule is Cc1nn(C)c2ncc(NC(=O)c3ccccc3-c3ccc(Cn4cccn4)cc3)cc12. The summed E-state index contributed by atoms with van der Waals surface area (Å²) < 4.78 is 3.62. The quantitative estimate of drug-likeness (QED) is 0.454. The number of pyridine rings is 1. The van der Waals surface area contributed by atoms with E-state index in [1.54, 1.807) is 17.1 Å². The molecular formula is C25H22N6O. The Kier molecular flexibility index (Phi) is 4.99. The molecule has 1 amide bonds. The highest BCUT2D eigenvalue weighted by molar-refractivity contribution is 6.09. The predicted molar refractivity (Wildman–Crippen MR) is 124 cm³/mol. The van der Waals surface area contributed by atoms with Gasteiger partial charge in [0.2, 0.25) is 0 Å². The first-order valence-electron chi connectivity index (χ1n) is 10.3. The van der Waals surface area contributed by atoms with E-state index in [0.717, 1.165) is 33.4 Å². The number of carbonyl (C=O) groups is 1. The molecule has 158 valence electrons. The van der Waals surface area contributed by atoms with Gasteiger partial charge >= 0.3 is 0 Å². The van der Waals surface area contributed by atoms with Gasteiger partial charge < -0.3 is 5.32 Å². The molecule has 7 nitrogen and oxygen atoms in total. The van der Waals surface area contributed by atoms with Crippen molar-refractivity contribution in [1.82, 2.24) is 24.5 Å². The van der Waals surface area contributed by atoms with E-state index in [9.17, 15) is 4.79 Å². The van der Waals surface area contributed by atoms with Gasteiger partial charge in [-0.25, -0.2) is 4.98 Å². The number of hydrogen-bond acceptors (Lipinski definition) is 4. The summed E-state index contributed by atoms with van der Waals surface area (Å²) in [5, 5.41) is 12.5. The minimum absolute atomic E-state index is 0.177. The molecule has 5 rings (SSSR count). The maximum Gasteiger partial charge on any atom is 0.256 e. The van der Waals surface area contributed by atoms with Crippen LogP contribution in [-0.2, 0) is 13.6 Å². The van der Waals surface area contributed by atoms with Crippen LogP contribution in [0.5, 0.6) is 0 Å². The second kappa shape index (κ2) is 8.11. The van der Waals surface area contributed by atoms with Gasteiger partial charge in [-0.05, 0) is 41.8 Å². The summed E-state index contributed by atoms with van der Waals surface area (Å²) in [6.45, 7) is 2.64. The first-order valence-corrected chi connectivity index (χ1v) is 10.3. The molecule has 32 heavy (non-hydrogen) atoms. The summed E-state index contributed by atoms with van der Waals surface area (Å²) in [6, 6.07) is 19.6. The zero-order chi connectivity index (χ0) is 22.1. The van der Waals surface area contributed by atoms with Gasteiger partial charge in [-0.3, -0.25) is 14.2 Å². The van der Waals surface area contributed by atoms with Crippen molar-refractivity contribution in [3.8, 4) is 11.1 Å². The fourth-order valence-corrected chi connectivity index (χ4v) is 3.88. The topological polar surface area (TPSA) is 77.6 Å². The average Bonchev–Trinajstić information content (AvgIpc) is 3.42. The Bertz CT molecular complexity index is 1400. The smallest absolute Gasteiger partial charge is 0.256 e. The lowest BCUT2D eigenvalue weighted by Crippen LogP contribution is -2.13. The molecule has 7 heteroatoms. The standard InChI is InChI=1S/C25H22N6O/c1-17-23-14-20(15-26-24(23)30(2)29-17)28-25(32)22-7-4-3-6-21(22)19-10-8-18(9-11-19)16-31-13-5-12-27-31/h3-15H,16H2,1-2H3,(H,28,32). The molecule has 0 atom stereocenters. The molecule has 0 saturated carbocycles. The molecule has 0 saturated heterocycles. The molecule has 0 fully saturated rings. The Labute approximate surface area is 185 Å². The number of nitrogens with zero attached hydrogens (tertiary/aromatic N) is 5.